The highest BCUT2D eigenvalue weighted by molar-refractivity contribution is 8.00. The van der Waals surface area contributed by atoms with Crippen LogP contribution in [-0.2, 0) is 4.79 Å². The minimum absolute atomic E-state index is 0.0216. The molecule has 0 atom stereocenters. The van der Waals surface area contributed by atoms with Crippen LogP contribution in [-0.4, -0.2) is 24.0 Å². The van der Waals surface area contributed by atoms with Crippen molar-refractivity contribution in [3.05, 3.63) is 29.8 Å². The number of Topliss-reactive ketones (excluding diaryl/α,β-unsaturated/α-hetero) is 1. The van der Waals surface area contributed by atoms with E-state index in [1.807, 2.05) is 6.07 Å². The summed E-state index contributed by atoms with van der Waals surface area (Å²) in [5, 5.41) is 10.7. The summed E-state index contributed by atoms with van der Waals surface area (Å²) < 4.78 is 0. The first-order valence-electron chi connectivity index (χ1n) is 5.01. The van der Waals surface area contributed by atoms with Crippen molar-refractivity contribution in [3.63, 3.8) is 0 Å². The average Bonchev–Trinajstić information content (AvgIpc) is 2.34. The minimum Gasteiger partial charge on any atom is -0.342 e. The average molecular weight is 248 g/mol. The van der Waals surface area contributed by atoms with Crippen LogP contribution in [0.3, 0.4) is 0 Å². The van der Waals surface area contributed by atoms with Gasteiger partial charge < -0.3 is 5.32 Å². The Bertz CT molecular complexity index is 449. The van der Waals surface area contributed by atoms with Gasteiger partial charge >= 0.3 is 0 Å². The molecule has 17 heavy (non-hydrogen) atoms. The highest BCUT2D eigenvalue weighted by Crippen LogP contribution is 2.18. The highest BCUT2D eigenvalue weighted by Gasteiger charge is 2.03. The molecule has 5 heteroatoms. The van der Waals surface area contributed by atoms with Gasteiger partial charge in [-0.2, -0.15) is 5.26 Å². The number of nitrogens with zero attached hydrogens (tertiary/aromatic N) is 1. The summed E-state index contributed by atoms with van der Waals surface area (Å²) in [6, 6.07) is 8.92. The Kier molecular flexibility index (Phi) is 5.24. The summed E-state index contributed by atoms with van der Waals surface area (Å²) in [5.41, 5.74) is 0.656. The number of carbonyl (C=O) groups excluding carboxylic acids is 2. The fourth-order valence-electron chi connectivity index (χ4n) is 1.12. The fraction of sp³-hybridized carbons (Fsp3) is 0.250. The number of hydrogen-bond donors (Lipinski definition) is 1. The second-order valence-corrected chi connectivity index (χ2v) is 4.35. The van der Waals surface area contributed by atoms with E-state index in [2.05, 4.69) is 5.32 Å². The summed E-state index contributed by atoms with van der Waals surface area (Å²) >= 11 is 1.37. The van der Waals surface area contributed by atoms with Crippen LogP contribution in [0.5, 0.6) is 0 Å². The van der Waals surface area contributed by atoms with Crippen LogP contribution in [0.4, 0.5) is 0 Å². The summed E-state index contributed by atoms with van der Waals surface area (Å²) in [4.78, 5) is 23.2. The van der Waals surface area contributed by atoms with Gasteiger partial charge in [0.05, 0.1) is 11.8 Å². The van der Waals surface area contributed by atoms with Crippen LogP contribution < -0.4 is 5.32 Å². The third-order valence-electron chi connectivity index (χ3n) is 2.00. The van der Waals surface area contributed by atoms with Crippen molar-refractivity contribution in [2.24, 2.45) is 0 Å². The van der Waals surface area contributed by atoms with Crippen molar-refractivity contribution >= 4 is 23.5 Å². The predicted molar refractivity (Wildman–Crippen MR) is 65.8 cm³/mol. The summed E-state index contributed by atoms with van der Waals surface area (Å²) in [5.74, 6) is 0.113. The number of carbonyl (C=O) groups is 2. The number of benzene rings is 1. The van der Waals surface area contributed by atoms with Gasteiger partial charge in [-0.05, 0) is 19.1 Å². The Morgan fingerprint density at radius 1 is 1.35 bits per heavy atom. The predicted octanol–water partition coefficient (Wildman–Crippen LogP) is 1.62. The highest BCUT2D eigenvalue weighted by atomic mass is 32.2. The lowest BCUT2D eigenvalue weighted by Gasteiger charge is -2.02. The van der Waals surface area contributed by atoms with Gasteiger partial charge in [0.2, 0.25) is 5.91 Å². The molecule has 0 aliphatic carbocycles. The zero-order valence-corrected chi connectivity index (χ0v) is 10.2. The Labute approximate surface area is 104 Å². The number of thioether (sulfide) groups is 1. The lowest BCUT2D eigenvalue weighted by molar-refractivity contribution is -0.118. The first-order chi connectivity index (χ1) is 8.13. The molecule has 0 heterocycles. The lowest BCUT2D eigenvalue weighted by Crippen LogP contribution is -2.25. The van der Waals surface area contributed by atoms with Gasteiger partial charge in [0.15, 0.2) is 5.78 Å². The van der Waals surface area contributed by atoms with E-state index in [4.69, 9.17) is 5.26 Å². The van der Waals surface area contributed by atoms with Crippen molar-refractivity contribution in [1.29, 1.82) is 5.26 Å². The summed E-state index contributed by atoms with van der Waals surface area (Å²) in [6.45, 7) is 1.54. The van der Waals surface area contributed by atoms with Gasteiger partial charge in [0.1, 0.15) is 6.54 Å². The molecule has 0 bridgehead atoms. The quantitative estimate of drug-likeness (QED) is 0.488. The third-order valence-corrected chi connectivity index (χ3v) is 3.01. The van der Waals surface area contributed by atoms with Gasteiger partial charge in [-0.25, -0.2) is 0 Å². The molecule has 0 fully saturated rings. The molecule has 0 spiro atoms. The van der Waals surface area contributed by atoms with Crippen molar-refractivity contribution in [1.82, 2.24) is 5.32 Å². The topological polar surface area (TPSA) is 70.0 Å². The van der Waals surface area contributed by atoms with Gasteiger partial charge in [-0.3, -0.25) is 9.59 Å². The first kappa shape index (κ1) is 13.3. The van der Waals surface area contributed by atoms with Crippen LogP contribution in [0.2, 0.25) is 0 Å². The molecule has 0 aliphatic heterocycles. The van der Waals surface area contributed by atoms with E-state index in [1.54, 1.807) is 24.3 Å². The maximum absolute atomic E-state index is 11.2. The summed E-state index contributed by atoms with van der Waals surface area (Å²) in [7, 11) is 0. The number of hydrogen-bond acceptors (Lipinski definition) is 4. The maximum Gasteiger partial charge on any atom is 0.231 e. The SMILES string of the molecule is CC(=O)c1ccc(SCC(=O)NCC#N)cc1. The molecular formula is C12H12N2O2S. The third kappa shape index (κ3) is 4.70. The number of nitrogens with one attached hydrogen (secondary N) is 1. The Hall–Kier alpha value is -1.80. The second kappa shape index (κ2) is 6.71. The monoisotopic (exact) mass is 248 g/mol. The largest absolute Gasteiger partial charge is 0.342 e. The van der Waals surface area contributed by atoms with E-state index in [0.717, 1.165) is 4.90 Å². The number of nitriles is 1. The van der Waals surface area contributed by atoms with Crippen molar-refractivity contribution in [2.75, 3.05) is 12.3 Å². The molecule has 1 aromatic rings. The molecule has 4 nitrogen and oxygen atoms in total. The zero-order chi connectivity index (χ0) is 12.7. The smallest absolute Gasteiger partial charge is 0.231 e. The Morgan fingerprint density at radius 2 is 2.00 bits per heavy atom. The maximum atomic E-state index is 11.2. The molecule has 1 rings (SSSR count). The fourth-order valence-corrected chi connectivity index (χ4v) is 1.85. The van der Waals surface area contributed by atoms with Crippen molar-refractivity contribution in [2.45, 2.75) is 11.8 Å². The molecule has 1 amide bonds. The summed E-state index contributed by atoms with van der Waals surface area (Å²) in [6.07, 6.45) is 0. The number of ketones is 1. The van der Waals surface area contributed by atoms with Crippen molar-refractivity contribution in [3.8, 4) is 6.07 Å². The molecule has 0 aliphatic rings. The molecule has 1 N–H and O–H groups in total. The lowest BCUT2D eigenvalue weighted by atomic mass is 10.2. The van der Waals surface area contributed by atoms with E-state index in [1.165, 1.54) is 18.7 Å². The standard InChI is InChI=1S/C12H12N2O2S/c1-9(15)10-2-4-11(5-3-10)17-8-12(16)14-7-6-13/h2-5H,7-8H2,1H3,(H,14,16). The van der Waals surface area contributed by atoms with E-state index < -0.39 is 0 Å². The molecule has 1 aromatic carbocycles. The van der Waals surface area contributed by atoms with Crippen LogP contribution in [0.1, 0.15) is 17.3 Å². The van der Waals surface area contributed by atoms with Crippen LogP contribution in [0, 0.1) is 11.3 Å². The van der Waals surface area contributed by atoms with Crippen LogP contribution in [0.15, 0.2) is 29.2 Å². The van der Waals surface area contributed by atoms with E-state index in [9.17, 15) is 9.59 Å². The normalized spacial score (nSPS) is 9.41. The van der Waals surface area contributed by atoms with Gasteiger partial charge in [-0.15, -0.1) is 11.8 Å². The van der Waals surface area contributed by atoms with Gasteiger partial charge in [0, 0.05) is 10.5 Å². The van der Waals surface area contributed by atoms with Gasteiger partial charge in [-0.1, -0.05) is 12.1 Å². The minimum atomic E-state index is -0.174. The van der Waals surface area contributed by atoms with E-state index in [-0.39, 0.29) is 24.0 Å². The first-order valence-corrected chi connectivity index (χ1v) is 5.99. The van der Waals surface area contributed by atoms with E-state index >= 15 is 0 Å². The molecule has 0 radical (unpaired) electrons. The number of amides is 1. The molecule has 0 aromatic heterocycles. The molecule has 0 saturated carbocycles. The van der Waals surface area contributed by atoms with Crippen LogP contribution in [0.25, 0.3) is 0 Å². The van der Waals surface area contributed by atoms with Crippen LogP contribution >= 0.6 is 11.8 Å². The van der Waals surface area contributed by atoms with Crippen molar-refractivity contribution < 1.29 is 9.59 Å². The van der Waals surface area contributed by atoms with E-state index in [0.29, 0.717) is 5.56 Å². The second-order valence-electron chi connectivity index (χ2n) is 3.30. The molecule has 0 unspecified atom stereocenters. The molecule has 88 valence electrons. The Balaban J connectivity index is 2.45. The zero-order valence-electron chi connectivity index (χ0n) is 9.40. The number of rotatable bonds is 5. The van der Waals surface area contributed by atoms with Gasteiger partial charge in [0.25, 0.3) is 0 Å². The molecular weight excluding hydrogens is 236 g/mol. The molecule has 0 saturated heterocycles. The Morgan fingerprint density at radius 3 is 2.53 bits per heavy atom.